The Morgan fingerprint density at radius 3 is 2.48 bits per heavy atom. The molecular formula is C26H32ClN3O3. The molecule has 2 fully saturated rings. The van der Waals surface area contributed by atoms with Crippen LogP contribution in [-0.4, -0.2) is 48.5 Å². The summed E-state index contributed by atoms with van der Waals surface area (Å²) in [6.07, 6.45) is 4.51. The van der Waals surface area contributed by atoms with E-state index in [1.807, 2.05) is 12.1 Å². The number of halogens is 1. The number of nitrogens with one attached hydrogen (secondary N) is 1. The summed E-state index contributed by atoms with van der Waals surface area (Å²) in [5, 5.41) is 3.39. The summed E-state index contributed by atoms with van der Waals surface area (Å²) in [7, 11) is 0. The number of aryl methyl sites for hydroxylation is 1. The third-order valence-corrected chi connectivity index (χ3v) is 6.90. The van der Waals surface area contributed by atoms with Gasteiger partial charge in [0.15, 0.2) is 0 Å². The van der Waals surface area contributed by atoms with E-state index in [1.54, 1.807) is 11.0 Å². The zero-order valence-electron chi connectivity index (χ0n) is 19.4. The summed E-state index contributed by atoms with van der Waals surface area (Å²) >= 11 is 6.49. The van der Waals surface area contributed by atoms with Crippen LogP contribution in [0.5, 0.6) is 5.75 Å². The molecule has 6 nitrogen and oxygen atoms in total. The molecule has 2 aliphatic rings. The second-order valence-electron chi connectivity index (χ2n) is 8.95. The zero-order chi connectivity index (χ0) is 23.4. The number of rotatable bonds is 5. The smallest absolute Gasteiger partial charge is 0.247 e. The molecular weight excluding hydrogens is 438 g/mol. The second-order valence-corrected chi connectivity index (χ2v) is 9.36. The van der Waals surface area contributed by atoms with Crippen LogP contribution < -0.4 is 15.0 Å². The van der Waals surface area contributed by atoms with Crippen LogP contribution >= 0.6 is 11.6 Å². The molecule has 1 unspecified atom stereocenters. The van der Waals surface area contributed by atoms with Crippen LogP contribution in [0.15, 0.2) is 42.5 Å². The zero-order valence-corrected chi connectivity index (χ0v) is 20.1. The van der Waals surface area contributed by atoms with Crippen molar-refractivity contribution in [3.05, 3.63) is 53.1 Å². The predicted octanol–water partition coefficient (Wildman–Crippen LogP) is 5.04. The van der Waals surface area contributed by atoms with Crippen LogP contribution in [0.3, 0.4) is 0 Å². The molecule has 0 spiro atoms. The number of nitrogens with zero attached hydrogens (tertiary/aromatic N) is 2. The molecule has 0 saturated carbocycles. The highest BCUT2D eigenvalue weighted by atomic mass is 35.5. The number of hydrogen-bond donors (Lipinski definition) is 1. The Bertz CT molecular complexity index is 1000. The van der Waals surface area contributed by atoms with E-state index in [0.29, 0.717) is 29.4 Å². The molecule has 0 aliphatic carbocycles. The minimum atomic E-state index is -0.426. The average Bonchev–Trinajstić information content (AvgIpc) is 2.81. The van der Waals surface area contributed by atoms with Gasteiger partial charge in [0, 0.05) is 50.8 Å². The van der Waals surface area contributed by atoms with Gasteiger partial charge in [-0.15, -0.1) is 0 Å². The van der Waals surface area contributed by atoms with Crippen molar-refractivity contribution in [1.29, 1.82) is 0 Å². The Labute approximate surface area is 200 Å². The molecule has 0 radical (unpaired) electrons. The monoisotopic (exact) mass is 469 g/mol. The topological polar surface area (TPSA) is 61.9 Å². The first-order valence-electron chi connectivity index (χ1n) is 11.8. The van der Waals surface area contributed by atoms with E-state index in [0.717, 1.165) is 38.8 Å². The van der Waals surface area contributed by atoms with Gasteiger partial charge < -0.3 is 19.9 Å². The normalized spacial score (nSPS) is 19.3. The van der Waals surface area contributed by atoms with E-state index in [9.17, 15) is 9.59 Å². The second kappa shape index (κ2) is 10.5. The standard InChI is InChI=1S/C26H32ClN3O3/c1-18-7-3-4-8-23(18)29-15-12-21(13-16-29)33-25-11-10-20(17-22(25)27)28-26(32)24-9-5-6-14-30(24)19(2)31/h3-4,7-8,10-11,17,21,24H,5-6,9,12-16H2,1-2H3,(H,28,32). The quantitative estimate of drug-likeness (QED) is 0.666. The van der Waals surface area contributed by atoms with Crippen molar-refractivity contribution >= 4 is 34.8 Å². The molecule has 0 bridgehead atoms. The molecule has 2 aliphatic heterocycles. The van der Waals surface area contributed by atoms with Gasteiger partial charge in [-0.2, -0.15) is 0 Å². The lowest BCUT2D eigenvalue weighted by Crippen LogP contribution is -2.49. The first kappa shape index (κ1) is 23.4. The van der Waals surface area contributed by atoms with Crippen molar-refractivity contribution in [3.8, 4) is 5.75 Å². The van der Waals surface area contributed by atoms with Crippen molar-refractivity contribution in [3.63, 3.8) is 0 Å². The summed E-state index contributed by atoms with van der Waals surface area (Å²) in [4.78, 5) is 28.7. The highest BCUT2D eigenvalue weighted by Crippen LogP contribution is 2.31. The summed E-state index contributed by atoms with van der Waals surface area (Å²) in [5.74, 6) is 0.398. The van der Waals surface area contributed by atoms with Crippen molar-refractivity contribution in [1.82, 2.24) is 4.90 Å². The van der Waals surface area contributed by atoms with Gasteiger partial charge in [-0.05, 0) is 56.0 Å². The SMILES string of the molecule is CC(=O)N1CCCCC1C(=O)Nc1ccc(OC2CCN(c3ccccc3C)CC2)c(Cl)c1. The fraction of sp³-hybridized carbons (Fsp3) is 0.462. The van der Waals surface area contributed by atoms with Gasteiger partial charge in [0.2, 0.25) is 11.8 Å². The maximum Gasteiger partial charge on any atom is 0.247 e. The van der Waals surface area contributed by atoms with Crippen LogP contribution in [0, 0.1) is 6.92 Å². The Kier molecular flexibility index (Phi) is 7.43. The van der Waals surface area contributed by atoms with Gasteiger partial charge in [-0.1, -0.05) is 29.8 Å². The largest absolute Gasteiger partial charge is 0.489 e. The number of ether oxygens (including phenoxy) is 1. The highest BCUT2D eigenvalue weighted by molar-refractivity contribution is 6.32. The fourth-order valence-electron chi connectivity index (χ4n) is 4.79. The summed E-state index contributed by atoms with van der Waals surface area (Å²) < 4.78 is 6.20. The van der Waals surface area contributed by atoms with Crippen LogP contribution in [-0.2, 0) is 9.59 Å². The number of anilines is 2. The van der Waals surface area contributed by atoms with Gasteiger partial charge >= 0.3 is 0 Å². The Hall–Kier alpha value is -2.73. The van der Waals surface area contributed by atoms with Crippen LogP contribution in [0.25, 0.3) is 0 Å². The van der Waals surface area contributed by atoms with Gasteiger partial charge in [0.25, 0.3) is 0 Å². The van der Waals surface area contributed by atoms with E-state index < -0.39 is 6.04 Å². The van der Waals surface area contributed by atoms with Crippen LogP contribution in [0.1, 0.15) is 44.6 Å². The molecule has 176 valence electrons. The molecule has 2 saturated heterocycles. The number of likely N-dealkylation sites (tertiary alicyclic amines) is 1. The lowest BCUT2D eigenvalue weighted by molar-refractivity contribution is -0.138. The summed E-state index contributed by atoms with van der Waals surface area (Å²) in [6.45, 7) is 6.16. The number of benzene rings is 2. The predicted molar refractivity (Wildman–Crippen MR) is 132 cm³/mol. The van der Waals surface area contributed by atoms with Crippen molar-refractivity contribution in [2.75, 3.05) is 29.9 Å². The fourth-order valence-corrected chi connectivity index (χ4v) is 5.02. The number of hydrogen-bond acceptors (Lipinski definition) is 4. The Balaban J connectivity index is 1.33. The third-order valence-electron chi connectivity index (χ3n) is 6.60. The lowest BCUT2D eigenvalue weighted by atomic mass is 10.0. The maximum atomic E-state index is 12.8. The molecule has 1 N–H and O–H groups in total. The minimum absolute atomic E-state index is 0.0647. The summed E-state index contributed by atoms with van der Waals surface area (Å²) in [5.41, 5.74) is 3.19. The molecule has 4 rings (SSSR count). The third kappa shape index (κ3) is 5.61. The number of amides is 2. The molecule has 33 heavy (non-hydrogen) atoms. The molecule has 2 heterocycles. The molecule has 7 heteroatoms. The average molecular weight is 470 g/mol. The number of piperidine rings is 2. The van der Waals surface area contributed by atoms with Gasteiger partial charge in [0.1, 0.15) is 17.9 Å². The van der Waals surface area contributed by atoms with E-state index in [4.69, 9.17) is 16.3 Å². The number of carbonyl (C=O) groups is 2. The van der Waals surface area contributed by atoms with Gasteiger partial charge in [0.05, 0.1) is 5.02 Å². The molecule has 2 aromatic rings. The maximum absolute atomic E-state index is 12.8. The van der Waals surface area contributed by atoms with E-state index >= 15 is 0 Å². The summed E-state index contributed by atoms with van der Waals surface area (Å²) in [6, 6.07) is 13.4. The lowest BCUT2D eigenvalue weighted by Gasteiger charge is -2.34. The Morgan fingerprint density at radius 1 is 1.03 bits per heavy atom. The van der Waals surface area contributed by atoms with E-state index in [2.05, 4.69) is 41.4 Å². The number of para-hydroxylation sites is 1. The first-order chi connectivity index (χ1) is 15.9. The highest BCUT2D eigenvalue weighted by Gasteiger charge is 2.30. The van der Waals surface area contributed by atoms with E-state index in [-0.39, 0.29) is 17.9 Å². The van der Waals surface area contributed by atoms with Gasteiger partial charge in [-0.3, -0.25) is 9.59 Å². The molecule has 1 atom stereocenters. The number of carbonyl (C=O) groups excluding carboxylic acids is 2. The van der Waals surface area contributed by atoms with Crippen molar-refractivity contribution < 1.29 is 14.3 Å². The van der Waals surface area contributed by atoms with Crippen molar-refractivity contribution in [2.24, 2.45) is 0 Å². The molecule has 2 aromatic carbocycles. The van der Waals surface area contributed by atoms with Gasteiger partial charge in [-0.25, -0.2) is 0 Å². The Morgan fingerprint density at radius 2 is 1.79 bits per heavy atom. The molecule has 0 aromatic heterocycles. The van der Waals surface area contributed by atoms with E-state index in [1.165, 1.54) is 18.2 Å². The van der Waals surface area contributed by atoms with Crippen LogP contribution in [0.2, 0.25) is 5.02 Å². The first-order valence-corrected chi connectivity index (χ1v) is 12.1. The minimum Gasteiger partial charge on any atom is -0.489 e. The van der Waals surface area contributed by atoms with Crippen LogP contribution in [0.4, 0.5) is 11.4 Å². The molecule has 2 amide bonds. The van der Waals surface area contributed by atoms with Crippen molar-refractivity contribution in [2.45, 2.75) is 58.1 Å².